The number of hydrogen-bond donors (Lipinski definition) is 1. The Morgan fingerprint density at radius 1 is 1.38 bits per heavy atom. The van der Waals surface area contributed by atoms with Gasteiger partial charge in [0.25, 0.3) is 0 Å². The smallest absolute Gasteiger partial charge is 0.122 e. The molecule has 0 heterocycles. The number of benzene rings is 1. The van der Waals surface area contributed by atoms with Crippen LogP contribution < -0.4 is 10.5 Å². The molecule has 0 aliphatic carbocycles. The molecule has 16 heavy (non-hydrogen) atoms. The summed E-state index contributed by atoms with van der Waals surface area (Å²) in [5.74, 6) is 0.951. The van der Waals surface area contributed by atoms with Gasteiger partial charge >= 0.3 is 0 Å². The molecule has 0 spiro atoms. The lowest BCUT2D eigenvalue weighted by molar-refractivity contribution is 0.407. The summed E-state index contributed by atoms with van der Waals surface area (Å²) < 4.78 is 6.42. The fraction of sp³-hybridized carbons (Fsp3) is 0.538. The SMILES string of the molecule is CCCC(N)CCc1cc(Br)ccc1OC. The molecule has 0 radical (unpaired) electrons. The van der Waals surface area contributed by atoms with Crippen LogP contribution in [0.5, 0.6) is 5.75 Å². The molecular formula is C13H20BrNO. The maximum absolute atomic E-state index is 6.01. The molecule has 0 aromatic heterocycles. The Labute approximate surface area is 106 Å². The third kappa shape index (κ3) is 4.14. The van der Waals surface area contributed by atoms with Crippen molar-refractivity contribution in [2.75, 3.05) is 7.11 Å². The van der Waals surface area contributed by atoms with Gasteiger partial charge in [-0.3, -0.25) is 0 Å². The van der Waals surface area contributed by atoms with E-state index in [2.05, 4.69) is 28.9 Å². The van der Waals surface area contributed by atoms with E-state index in [1.807, 2.05) is 12.1 Å². The minimum atomic E-state index is 0.300. The highest BCUT2D eigenvalue weighted by Crippen LogP contribution is 2.24. The molecule has 1 aromatic carbocycles. The van der Waals surface area contributed by atoms with E-state index in [1.54, 1.807) is 7.11 Å². The van der Waals surface area contributed by atoms with Crippen LogP contribution in [0.3, 0.4) is 0 Å². The number of nitrogens with two attached hydrogens (primary N) is 1. The highest BCUT2D eigenvalue weighted by Gasteiger charge is 2.06. The minimum absolute atomic E-state index is 0.300. The van der Waals surface area contributed by atoms with Crippen molar-refractivity contribution < 1.29 is 4.74 Å². The number of hydrogen-bond acceptors (Lipinski definition) is 2. The maximum atomic E-state index is 6.01. The third-order valence-electron chi connectivity index (χ3n) is 2.69. The summed E-state index contributed by atoms with van der Waals surface area (Å²) in [6.07, 6.45) is 4.23. The molecule has 0 fully saturated rings. The summed E-state index contributed by atoms with van der Waals surface area (Å²) in [5, 5.41) is 0. The topological polar surface area (TPSA) is 35.2 Å². The molecule has 0 saturated heterocycles. The fourth-order valence-electron chi connectivity index (χ4n) is 1.80. The molecule has 0 saturated carbocycles. The van der Waals surface area contributed by atoms with Crippen molar-refractivity contribution in [1.82, 2.24) is 0 Å². The molecule has 90 valence electrons. The lowest BCUT2D eigenvalue weighted by atomic mass is 10.0. The van der Waals surface area contributed by atoms with E-state index in [1.165, 1.54) is 5.56 Å². The number of halogens is 1. The van der Waals surface area contributed by atoms with E-state index in [4.69, 9.17) is 10.5 Å². The van der Waals surface area contributed by atoms with Gasteiger partial charge < -0.3 is 10.5 Å². The second-order valence-electron chi connectivity index (χ2n) is 4.04. The van der Waals surface area contributed by atoms with Crippen LogP contribution in [0.1, 0.15) is 31.7 Å². The van der Waals surface area contributed by atoms with Crippen LogP contribution in [0.2, 0.25) is 0 Å². The largest absolute Gasteiger partial charge is 0.496 e. The highest BCUT2D eigenvalue weighted by atomic mass is 79.9. The van der Waals surface area contributed by atoms with Gasteiger partial charge in [-0.05, 0) is 43.0 Å². The van der Waals surface area contributed by atoms with E-state index in [0.29, 0.717) is 6.04 Å². The lowest BCUT2D eigenvalue weighted by Gasteiger charge is -2.12. The van der Waals surface area contributed by atoms with E-state index >= 15 is 0 Å². The Morgan fingerprint density at radius 3 is 2.75 bits per heavy atom. The predicted octanol–water partition coefficient (Wildman–Crippen LogP) is 3.52. The first kappa shape index (κ1) is 13.5. The van der Waals surface area contributed by atoms with Gasteiger partial charge in [0.05, 0.1) is 7.11 Å². The molecule has 1 atom stereocenters. The molecule has 2 nitrogen and oxygen atoms in total. The van der Waals surface area contributed by atoms with E-state index in [9.17, 15) is 0 Å². The molecule has 0 amide bonds. The molecule has 0 bridgehead atoms. The van der Waals surface area contributed by atoms with Crippen LogP contribution in [-0.4, -0.2) is 13.2 Å². The second-order valence-corrected chi connectivity index (χ2v) is 4.96. The second kappa shape index (κ2) is 6.92. The monoisotopic (exact) mass is 285 g/mol. The summed E-state index contributed by atoms with van der Waals surface area (Å²) >= 11 is 3.48. The summed E-state index contributed by atoms with van der Waals surface area (Å²) in [6.45, 7) is 2.17. The highest BCUT2D eigenvalue weighted by molar-refractivity contribution is 9.10. The fourth-order valence-corrected chi connectivity index (χ4v) is 2.21. The van der Waals surface area contributed by atoms with E-state index in [0.717, 1.165) is 35.9 Å². The van der Waals surface area contributed by atoms with Gasteiger partial charge in [0.1, 0.15) is 5.75 Å². The van der Waals surface area contributed by atoms with Crippen molar-refractivity contribution in [1.29, 1.82) is 0 Å². The number of methoxy groups -OCH3 is 1. The van der Waals surface area contributed by atoms with Crippen molar-refractivity contribution in [2.45, 2.75) is 38.6 Å². The lowest BCUT2D eigenvalue weighted by Crippen LogP contribution is -2.20. The average Bonchev–Trinajstić information content (AvgIpc) is 2.27. The zero-order valence-electron chi connectivity index (χ0n) is 10.0. The molecule has 1 rings (SSSR count). The van der Waals surface area contributed by atoms with Crippen LogP contribution in [0.4, 0.5) is 0 Å². The van der Waals surface area contributed by atoms with Crippen molar-refractivity contribution >= 4 is 15.9 Å². The Kier molecular flexibility index (Phi) is 5.85. The minimum Gasteiger partial charge on any atom is -0.496 e. The van der Waals surface area contributed by atoms with Crippen LogP contribution in [0.25, 0.3) is 0 Å². The normalized spacial score (nSPS) is 12.5. The number of rotatable bonds is 6. The number of ether oxygens (including phenoxy) is 1. The van der Waals surface area contributed by atoms with Crippen molar-refractivity contribution in [3.05, 3.63) is 28.2 Å². The average molecular weight is 286 g/mol. The van der Waals surface area contributed by atoms with Crippen LogP contribution in [0, 0.1) is 0 Å². The van der Waals surface area contributed by atoms with Gasteiger partial charge in [-0.1, -0.05) is 29.3 Å². The molecule has 1 aromatic rings. The van der Waals surface area contributed by atoms with Gasteiger partial charge in [0.15, 0.2) is 0 Å². The summed E-state index contributed by atoms with van der Waals surface area (Å²) in [7, 11) is 1.71. The van der Waals surface area contributed by atoms with E-state index < -0.39 is 0 Å². The standard InChI is InChI=1S/C13H20BrNO/c1-3-4-12(15)7-5-10-9-11(14)6-8-13(10)16-2/h6,8-9,12H,3-5,7,15H2,1-2H3. The molecule has 0 aliphatic rings. The molecular weight excluding hydrogens is 266 g/mol. The van der Waals surface area contributed by atoms with Crippen LogP contribution >= 0.6 is 15.9 Å². The maximum Gasteiger partial charge on any atom is 0.122 e. The Balaban J connectivity index is 2.61. The van der Waals surface area contributed by atoms with E-state index in [-0.39, 0.29) is 0 Å². The Bertz CT molecular complexity index is 328. The first-order valence-electron chi connectivity index (χ1n) is 5.75. The third-order valence-corrected chi connectivity index (χ3v) is 3.18. The van der Waals surface area contributed by atoms with Gasteiger partial charge in [-0.25, -0.2) is 0 Å². The van der Waals surface area contributed by atoms with Gasteiger partial charge in [0.2, 0.25) is 0 Å². The predicted molar refractivity (Wildman–Crippen MR) is 71.9 cm³/mol. The first-order valence-corrected chi connectivity index (χ1v) is 6.54. The van der Waals surface area contributed by atoms with Crippen molar-refractivity contribution in [3.8, 4) is 5.75 Å². The first-order chi connectivity index (χ1) is 7.67. The zero-order valence-corrected chi connectivity index (χ0v) is 11.6. The van der Waals surface area contributed by atoms with Gasteiger partial charge in [-0.15, -0.1) is 0 Å². The summed E-state index contributed by atoms with van der Waals surface area (Å²) in [6, 6.07) is 6.39. The zero-order chi connectivity index (χ0) is 12.0. The van der Waals surface area contributed by atoms with Crippen molar-refractivity contribution in [3.63, 3.8) is 0 Å². The van der Waals surface area contributed by atoms with Gasteiger partial charge in [-0.2, -0.15) is 0 Å². The van der Waals surface area contributed by atoms with Gasteiger partial charge in [0, 0.05) is 10.5 Å². The summed E-state index contributed by atoms with van der Waals surface area (Å²) in [4.78, 5) is 0. The van der Waals surface area contributed by atoms with Crippen LogP contribution in [-0.2, 0) is 6.42 Å². The molecule has 2 N–H and O–H groups in total. The molecule has 0 aliphatic heterocycles. The quantitative estimate of drug-likeness (QED) is 0.868. The molecule has 3 heteroatoms. The van der Waals surface area contributed by atoms with Crippen LogP contribution in [0.15, 0.2) is 22.7 Å². The Morgan fingerprint density at radius 2 is 2.12 bits per heavy atom. The number of aryl methyl sites for hydroxylation is 1. The van der Waals surface area contributed by atoms with Crippen molar-refractivity contribution in [2.24, 2.45) is 5.73 Å². The molecule has 1 unspecified atom stereocenters. The summed E-state index contributed by atoms with van der Waals surface area (Å²) in [5.41, 5.74) is 7.23. The Hall–Kier alpha value is -0.540.